The van der Waals surface area contributed by atoms with E-state index >= 15 is 0 Å². The number of aryl methyl sites for hydroxylation is 1. The second-order valence-corrected chi connectivity index (χ2v) is 7.63. The number of likely N-dealkylation sites (N-methyl/N-ethyl adjacent to an activating group) is 1. The molecule has 1 unspecified atom stereocenters. The van der Waals surface area contributed by atoms with Crippen LogP contribution in [0.4, 0.5) is 11.4 Å². The molecular weight excluding hydrogens is 352 g/mol. The molecule has 6 nitrogen and oxygen atoms in total. The molecule has 0 spiro atoms. The predicted molar refractivity (Wildman–Crippen MR) is 113 cm³/mol. The number of hydrogen-bond donors (Lipinski definition) is 1. The van der Waals surface area contributed by atoms with E-state index in [1.807, 2.05) is 24.4 Å². The van der Waals surface area contributed by atoms with Crippen molar-refractivity contribution >= 4 is 22.4 Å². The fourth-order valence-corrected chi connectivity index (χ4v) is 4.21. The minimum Gasteiger partial charge on any atom is -0.493 e. The average Bonchev–Trinajstić information content (AvgIpc) is 2.99. The third-order valence-corrected chi connectivity index (χ3v) is 5.82. The summed E-state index contributed by atoms with van der Waals surface area (Å²) in [5.74, 6) is 1.42. The molecule has 0 aliphatic heterocycles. The van der Waals surface area contributed by atoms with Crippen LogP contribution in [0.15, 0.2) is 30.5 Å². The van der Waals surface area contributed by atoms with E-state index < -0.39 is 0 Å². The van der Waals surface area contributed by atoms with Gasteiger partial charge in [0.1, 0.15) is 5.65 Å². The molecule has 4 rings (SSSR count). The summed E-state index contributed by atoms with van der Waals surface area (Å²) in [5.41, 5.74) is 5.83. The van der Waals surface area contributed by atoms with Crippen LogP contribution >= 0.6 is 0 Å². The van der Waals surface area contributed by atoms with E-state index in [4.69, 9.17) is 14.5 Å². The van der Waals surface area contributed by atoms with Gasteiger partial charge in [-0.05, 0) is 57.1 Å². The molecule has 0 amide bonds. The molecule has 1 aliphatic carbocycles. The fraction of sp³-hybridized carbons (Fsp3) is 0.409. The summed E-state index contributed by atoms with van der Waals surface area (Å²) in [6.45, 7) is 0. The van der Waals surface area contributed by atoms with Crippen molar-refractivity contribution in [3.8, 4) is 11.5 Å². The summed E-state index contributed by atoms with van der Waals surface area (Å²) < 4.78 is 13.0. The van der Waals surface area contributed by atoms with Crippen LogP contribution in [-0.2, 0) is 19.9 Å². The molecule has 0 fully saturated rings. The van der Waals surface area contributed by atoms with Gasteiger partial charge in [-0.1, -0.05) is 0 Å². The van der Waals surface area contributed by atoms with Crippen molar-refractivity contribution < 1.29 is 9.47 Å². The summed E-state index contributed by atoms with van der Waals surface area (Å²) in [6.07, 6.45) is 5.26. The highest BCUT2D eigenvalue weighted by Crippen LogP contribution is 2.35. The molecule has 3 aromatic rings. The van der Waals surface area contributed by atoms with Crippen LogP contribution in [0.2, 0.25) is 0 Å². The highest BCUT2D eigenvalue weighted by Gasteiger charge is 2.26. The first-order valence-corrected chi connectivity index (χ1v) is 9.63. The Hall–Kier alpha value is -2.73. The number of hydrogen-bond acceptors (Lipinski definition) is 5. The average molecular weight is 380 g/mol. The van der Waals surface area contributed by atoms with Crippen molar-refractivity contribution in [2.45, 2.75) is 25.3 Å². The zero-order valence-electron chi connectivity index (χ0n) is 17.2. The quantitative estimate of drug-likeness (QED) is 0.731. The normalized spacial score (nSPS) is 16.3. The second-order valence-electron chi connectivity index (χ2n) is 7.63. The highest BCUT2D eigenvalue weighted by molar-refractivity contribution is 5.86. The molecule has 2 heterocycles. The molecule has 28 heavy (non-hydrogen) atoms. The van der Waals surface area contributed by atoms with Crippen molar-refractivity contribution in [2.24, 2.45) is 7.05 Å². The fourth-order valence-electron chi connectivity index (χ4n) is 4.21. The molecule has 1 atom stereocenters. The van der Waals surface area contributed by atoms with Gasteiger partial charge in [0.15, 0.2) is 11.5 Å². The van der Waals surface area contributed by atoms with E-state index in [1.165, 1.54) is 23.1 Å². The number of nitrogens with zero attached hydrogens (tertiary/aromatic N) is 3. The van der Waals surface area contributed by atoms with Gasteiger partial charge in [-0.3, -0.25) is 0 Å². The number of benzene rings is 1. The Labute approximate surface area is 166 Å². The number of anilines is 2. The Bertz CT molecular complexity index is 1010. The number of aromatic nitrogens is 2. The minimum absolute atomic E-state index is 0.584. The summed E-state index contributed by atoms with van der Waals surface area (Å²) in [7, 11) is 9.76. The van der Waals surface area contributed by atoms with Crippen LogP contribution in [0.3, 0.4) is 0 Å². The van der Waals surface area contributed by atoms with Crippen molar-refractivity contribution in [3.63, 3.8) is 0 Å². The monoisotopic (exact) mass is 380 g/mol. The van der Waals surface area contributed by atoms with Crippen molar-refractivity contribution in [1.29, 1.82) is 0 Å². The van der Waals surface area contributed by atoms with Crippen molar-refractivity contribution in [1.82, 2.24) is 14.5 Å². The smallest absolute Gasteiger partial charge is 0.162 e. The lowest BCUT2D eigenvalue weighted by Crippen LogP contribution is -2.33. The van der Waals surface area contributed by atoms with Gasteiger partial charge in [0.2, 0.25) is 0 Å². The zero-order valence-corrected chi connectivity index (χ0v) is 17.2. The molecule has 0 bridgehead atoms. The molecule has 0 radical (unpaired) electrons. The lowest BCUT2D eigenvalue weighted by molar-refractivity contribution is 0.267. The largest absolute Gasteiger partial charge is 0.493 e. The maximum absolute atomic E-state index is 5.41. The first kappa shape index (κ1) is 18.6. The van der Waals surface area contributed by atoms with E-state index in [2.05, 4.69) is 42.0 Å². The van der Waals surface area contributed by atoms with E-state index in [0.29, 0.717) is 17.5 Å². The topological polar surface area (TPSA) is 51.5 Å². The molecule has 1 N–H and O–H groups in total. The summed E-state index contributed by atoms with van der Waals surface area (Å²) >= 11 is 0. The Balaban J connectivity index is 1.69. The van der Waals surface area contributed by atoms with Gasteiger partial charge >= 0.3 is 0 Å². The summed E-state index contributed by atoms with van der Waals surface area (Å²) in [5, 5.41) is 4.70. The van der Waals surface area contributed by atoms with Gasteiger partial charge in [-0.15, -0.1) is 0 Å². The highest BCUT2D eigenvalue weighted by atomic mass is 16.5. The molecular formula is C22H28N4O2. The number of ether oxygens (including phenoxy) is 2. The number of pyridine rings is 1. The third-order valence-electron chi connectivity index (χ3n) is 5.82. The maximum atomic E-state index is 5.41. The Morgan fingerprint density at radius 3 is 2.61 bits per heavy atom. The van der Waals surface area contributed by atoms with Gasteiger partial charge in [0.05, 0.1) is 26.1 Å². The first-order valence-electron chi connectivity index (χ1n) is 9.63. The molecule has 0 saturated carbocycles. The van der Waals surface area contributed by atoms with Crippen LogP contribution < -0.4 is 14.8 Å². The predicted octanol–water partition coefficient (Wildman–Crippen LogP) is 3.75. The van der Waals surface area contributed by atoms with Crippen LogP contribution in [-0.4, -0.2) is 48.8 Å². The van der Waals surface area contributed by atoms with Gasteiger partial charge in [0, 0.05) is 35.9 Å². The van der Waals surface area contributed by atoms with Crippen LogP contribution in [0.5, 0.6) is 11.5 Å². The molecule has 6 heteroatoms. The van der Waals surface area contributed by atoms with E-state index in [1.54, 1.807) is 14.2 Å². The summed E-state index contributed by atoms with van der Waals surface area (Å²) in [6, 6.07) is 8.62. The maximum Gasteiger partial charge on any atom is 0.162 e. The zero-order chi connectivity index (χ0) is 19.8. The Morgan fingerprint density at radius 2 is 1.89 bits per heavy atom. The van der Waals surface area contributed by atoms with Gasteiger partial charge in [-0.25, -0.2) is 4.98 Å². The third kappa shape index (κ3) is 3.18. The lowest BCUT2D eigenvalue weighted by atomic mass is 9.91. The number of rotatable bonds is 5. The van der Waals surface area contributed by atoms with Crippen LogP contribution in [0, 0.1) is 0 Å². The molecule has 1 aromatic carbocycles. The lowest BCUT2D eigenvalue weighted by Gasteiger charge is -2.28. The molecule has 2 aromatic heterocycles. The number of nitrogens with one attached hydrogen (secondary N) is 1. The molecule has 148 valence electrons. The summed E-state index contributed by atoms with van der Waals surface area (Å²) in [4.78, 5) is 7.09. The van der Waals surface area contributed by atoms with Crippen LogP contribution in [0.1, 0.15) is 17.7 Å². The minimum atomic E-state index is 0.584. The second kappa shape index (κ2) is 7.36. The van der Waals surface area contributed by atoms with E-state index in [9.17, 15) is 0 Å². The Morgan fingerprint density at radius 1 is 1.11 bits per heavy atom. The molecule has 1 aliphatic rings. The van der Waals surface area contributed by atoms with E-state index in [-0.39, 0.29) is 0 Å². The number of fused-ring (bicyclic) bond motifs is 3. The standard InChI is InChI=1S/C22H28N4O2/c1-25(2)16-7-8-19-17(12-16)18-10-15(13-23-22(18)26(19)3)24-14-6-9-20(27-4)21(11-14)28-5/h6,9-11,13,16,24H,7-8,12H2,1-5H3. The van der Waals surface area contributed by atoms with Crippen LogP contribution in [0.25, 0.3) is 11.0 Å². The van der Waals surface area contributed by atoms with Gasteiger partial charge in [0.25, 0.3) is 0 Å². The number of methoxy groups -OCH3 is 2. The first-order chi connectivity index (χ1) is 13.5. The van der Waals surface area contributed by atoms with Crippen molar-refractivity contribution in [3.05, 3.63) is 41.7 Å². The van der Waals surface area contributed by atoms with Crippen molar-refractivity contribution in [2.75, 3.05) is 33.6 Å². The van der Waals surface area contributed by atoms with Gasteiger partial charge < -0.3 is 24.3 Å². The molecule has 0 saturated heterocycles. The Kier molecular flexibility index (Phi) is 4.89. The van der Waals surface area contributed by atoms with Gasteiger partial charge in [-0.2, -0.15) is 0 Å². The van der Waals surface area contributed by atoms with E-state index in [0.717, 1.165) is 29.9 Å². The SMILES string of the molecule is COc1ccc(Nc2cnc3c(c2)c2c(n3C)CCC(N(C)C)C2)cc1OC.